The first kappa shape index (κ1) is 14.3. The Balaban J connectivity index is 1.73. The summed E-state index contributed by atoms with van der Waals surface area (Å²) in [6.07, 6.45) is 11.8. The lowest BCUT2D eigenvalue weighted by molar-refractivity contribution is 0.0130. The number of ether oxygens (including phenoxy) is 1. The van der Waals surface area contributed by atoms with Crippen LogP contribution in [0.25, 0.3) is 0 Å². The van der Waals surface area contributed by atoms with Crippen LogP contribution >= 0.6 is 0 Å². The monoisotopic (exact) mass is 255 g/mol. The van der Waals surface area contributed by atoms with Crippen LogP contribution in [0.1, 0.15) is 57.8 Å². The summed E-state index contributed by atoms with van der Waals surface area (Å²) in [7, 11) is 0. The third-order valence-electron chi connectivity index (χ3n) is 4.54. The molecule has 0 aromatic heterocycles. The molecule has 2 atom stereocenters. The molecule has 0 aromatic rings. The van der Waals surface area contributed by atoms with Crippen molar-refractivity contribution >= 4 is 0 Å². The van der Waals surface area contributed by atoms with Crippen LogP contribution in [-0.4, -0.2) is 37.0 Å². The van der Waals surface area contributed by atoms with Crippen molar-refractivity contribution in [1.29, 1.82) is 0 Å². The van der Waals surface area contributed by atoms with Crippen molar-refractivity contribution in [2.24, 2.45) is 5.92 Å². The fourth-order valence-corrected chi connectivity index (χ4v) is 3.43. The molecule has 0 radical (unpaired) electrons. The fourth-order valence-electron chi connectivity index (χ4n) is 3.43. The second-order valence-electron chi connectivity index (χ2n) is 5.91. The molecule has 2 aliphatic rings. The highest BCUT2D eigenvalue weighted by Gasteiger charge is 2.24. The number of rotatable bonds is 6. The van der Waals surface area contributed by atoms with E-state index in [1.165, 1.54) is 51.4 Å². The van der Waals surface area contributed by atoms with Crippen molar-refractivity contribution in [3.63, 3.8) is 0 Å². The van der Waals surface area contributed by atoms with Crippen LogP contribution in [0.2, 0.25) is 0 Å². The molecule has 3 nitrogen and oxygen atoms in total. The van der Waals surface area contributed by atoms with Crippen molar-refractivity contribution in [2.75, 3.05) is 19.8 Å². The second-order valence-corrected chi connectivity index (χ2v) is 5.91. The summed E-state index contributed by atoms with van der Waals surface area (Å²) in [6.45, 7) is 2.21. The van der Waals surface area contributed by atoms with Gasteiger partial charge in [-0.2, -0.15) is 0 Å². The highest BCUT2D eigenvalue weighted by molar-refractivity contribution is 4.80. The Morgan fingerprint density at radius 1 is 1.06 bits per heavy atom. The summed E-state index contributed by atoms with van der Waals surface area (Å²) in [4.78, 5) is 0. The first-order valence-electron chi connectivity index (χ1n) is 7.86. The van der Waals surface area contributed by atoms with Crippen molar-refractivity contribution < 1.29 is 9.84 Å². The third-order valence-corrected chi connectivity index (χ3v) is 4.54. The van der Waals surface area contributed by atoms with Gasteiger partial charge in [-0.05, 0) is 44.4 Å². The average molecular weight is 255 g/mol. The topological polar surface area (TPSA) is 41.5 Å². The van der Waals surface area contributed by atoms with E-state index in [0.29, 0.717) is 18.8 Å². The van der Waals surface area contributed by atoms with E-state index in [0.717, 1.165) is 25.5 Å². The molecule has 0 spiro atoms. The molecule has 1 saturated heterocycles. The van der Waals surface area contributed by atoms with E-state index in [4.69, 9.17) is 4.74 Å². The fraction of sp³-hybridized carbons (Fsp3) is 1.00. The molecular weight excluding hydrogens is 226 g/mol. The Bertz CT molecular complexity index is 211. The normalized spacial score (nSPS) is 28.2. The third kappa shape index (κ3) is 4.52. The highest BCUT2D eigenvalue weighted by atomic mass is 16.5. The van der Waals surface area contributed by atoms with Gasteiger partial charge in [0.2, 0.25) is 0 Å². The minimum Gasteiger partial charge on any atom is -0.396 e. The molecule has 0 amide bonds. The standard InChI is InChI=1S/C15H29NO2/c17-10-9-15(13-6-2-1-3-7-13)16-12-14-8-4-5-11-18-14/h13-17H,1-12H2/t14-,15+/m1/s1. The molecule has 1 aliphatic heterocycles. The van der Waals surface area contributed by atoms with E-state index in [2.05, 4.69) is 5.32 Å². The predicted octanol–water partition coefficient (Wildman–Crippen LogP) is 2.48. The van der Waals surface area contributed by atoms with Gasteiger partial charge in [-0.25, -0.2) is 0 Å². The van der Waals surface area contributed by atoms with Crippen LogP contribution in [0.15, 0.2) is 0 Å². The van der Waals surface area contributed by atoms with Crippen molar-refractivity contribution in [2.45, 2.75) is 69.9 Å². The van der Waals surface area contributed by atoms with Crippen LogP contribution in [0.3, 0.4) is 0 Å². The maximum absolute atomic E-state index is 9.23. The molecule has 2 fully saturated rings. The van der Waals surface area contributed by atoms with Gasteiger partial charge < -0.3 is 15.2 Å². The Labute approximate surface area is 111 Å². The van der Waals surface area contributed by atoms with Crippen molar-refractivity contribution in [3.8, 4) is 0 Å². The maximum atomic E-state index is 9.23. The summed E-state index contributed by atoms with van der Waals surface area (Å²) >= 11 is 0. The van der Waals surface area contributed by atoms with Gasteiger partial charge in [0.25, 0.3) is 0 Å². The number of aliphatic hydroxyl groups excluding tert-OH is 1. The van der Waals surface area contributed by atoms with Crippen molar-refractivity contribution in [1.82, 2.24) is 5.32 Å². The highest BCUT2D eigenvalue weighted by Crippen LogP contribution is 2.27. The van der Waals surface area contributed by atoms with Gasteiger partial charge >= 0.3 is 0 Å². The molecule has 0 bridgehead atoms. The van der Waals surface area contributed by atoms with Crippen LogP contribution in [0.4, 0.5) is 0 Å². The zero-order valence-electron chi connectivity index (χ0n) is 11.6. The molecular formula is C15H29NO2. The van der Waals surface area contributed by atoms with Crippen LogP contribution in [0, 0.1) is 5.92 Å². The molecule has 1 aliphatic carbocycles. The quantitative estimate of drug-likeness (QED) is 0.766. The lowest BCUT2D eigenvalue weighted by atomic mass is 9.82. The van der Waals surface area contributed by atoms with E-state index < -0.39 is 0 Å². The molecule has 2 rings (SSSR count). The van der Waals surface area contributed by atoms with E-state index in [1.54, 1.807) is 0 Å². The molecule has 3 heteroatoms. The maximum Gasteiger partial charge on any atom is 0.0699 e. The van der Waals surface area contributed by atoms with Gasteiger partial charge in [0.05, 0.1) is 6.10 Å². The van der Waals surface area contributed by atoms with Crippen molar-refractivity contribution in [3.05, 3.63) is 0 Å². The van der Waals surface area contributed by atoms with Gasteiger partial charge in [-0.3, -0.25) is 0 Å². The summed E-state index contributed by atoms with van der Waals surface area (Å²) in [6, 6.07) is 0.501. The number of nitrogens with one attached hydrogen (secondary N) is 1. The van der Waals surface area contributed by atoms with Crippen LogP contribution in [0.5, 0.6) is 0 Å². The minimum absolute atomic E-state index is 0.305. The lowest BCUT2D eigenvalue weighted by Gasteiger charge is -2.32. The molecule has 0 aromatic carbocycles. The first-order valence-corrected chi connectivity index (χ1v) is 7.86. The van der Waals surface area contributed by atoms with Gasteiger partial charge in [0, 0.05) is 25.8 Å². The van der Waals surface area contributed by atoms with Gasteiger partial charge in [0.1, 0.15) is 0 Å². The number of hydrogen-bond donors (Lipinski definition) is 2. The zero-order valence-corrected chi connectivity index (χ0v) is 11.6. The number of aliphatic hydroxyl groups is 1. The smallest absolute Gasteiger partial charge is 0.0699 e. The van der Waals surface area contributed by atoms with E-state index in [1.807, 2.05) is 0 Å². The summed E-state index contributed by atoms with van der Waals surface area (Å²) in [5, 5.41) is 12.9. The Morgan fingerprint density at radius 3 is 2.50 bits per heavy atom. The van der Waals surface area contributed by atoms with Gasteiger partial charge in [0.15, 0.2) is 0 Å². The molecule has 1 heterocycles. The molecule has 106 valence electrons. The van der Waals surface area contributed by atoms with Crippen LogP contribution < -0.4 is 5.32 Å². The SMILES string of the molecule is OCC[C@H](NC[C@H]1CCCCO1)C1CCCCC1. The average Bonchev–Trinajstić information content (AvgIpc) is 2.45. The van der Waals surface area contributed by atoms with E-state index >= 15 is 0 Å². The molecule has 0 unspecified atom stereocenters. The zero-order chi connectivity index (χ0) is 12.6. The summed E-state index contributed by atoms with van der Waals surface area (Å²) < 4.78 is 5.77. The Hall–Kier alpha value is -0.120. The Morgan fingerprint density at radius 2 is 1.83 bits per heavy atom. The van der Waals surface area contributed by atoms with E-state index in [9.17, 15) is 5.11 Å². The Kier molecular flexibility index (Phi) is 6.46. The first-order chi connectivity index (χ1) is 8.90. The summed E-state index contributed by atoms with van der Waals surface area (Å²) in [5.74, 6) is 0.773. The van der Waals surface area contributed by atoms with Crippen LogP contribution in [-0.2, 0) is 4.74 Å². The lowest BCUT2D eigenvalue weighted by Crippen LogP contribution is -2.43. The molecule has 18 heavy (non-hydrogen) atoms. The number of hydrogen-bond acceptors (Lipinski definition) is 3. The largest absolute Gasteiger partial charge is 0.396 e. The summed E-state index contributed by atoms with van der Waals surface area (Å²) in [5.41, 5.74) is 0. The predicted molar refractivity (Wildman–Crippen MR) is 73.7 cm³/mol. The molecule has 1 saturated carbocycles. The second kappa shape index (κ2) is 8.13. The minimum atomic E-state index is 0.305. The van der Waals surface area contributed by atoms with Gasteiger partial charge in [-0.1, -0.05) is 19.3 Å². The van der Waals surface area contributed by atoms with Gasteiger partial charge in [-0.15, -0.1) is 0 Å². The van der Waals surface area contributed by atoms with E-state index in [-0.39, 0.29) is 0 Å². The molecule has 2 N–H and O–H groups in total.